The highest BCUT2D eigenvalue weighted by molar-refractivity contribution is 5.86. The number of ether oxygens (including phenoxy) is 2. The van der Waals surface area contributed by atoms with Gasteiger partial charge in [0.15, 0.2) is 6.04 Å². The van der Waals surface area contributed by atoms with E-state index in [1.165, 1.54) is 7.11 Å². The molecule has 3 rings (SSSR count). The molecule has 186 valence electrons. The molecule has 0 spiro atoms. The maximum absolute atomic E-state index is 12.9. The zero-order chi connectivity index (χ0) is 25.8. The van der Waals surface area contributed by atoms with Crippen molar-refractivity contribution in [1.82, 2.24) is 15.5 Å². The number of carbonyl (C=O) groups excluding carboxylic acids is 3. The van der Waals surface area contributed by atoms with Crippen LogP contribution in [0.3, 0.4) is 0 Å². The first-order valence-electron chi connectivity index (χ1n) is 11.0. The van der Waals surface area contributed by atoms with Crippen molar-refractivity contribution in [3.05, 3.63) is 59.7 Å². The van der Waals surface area contributed by atoms with Crippen LogP contribution in [0, 0.1) is 0 Å². The van der Waals surface area contributed by atoms with E-state index < -0.39 is 54.8 Å². The van der Waals surface area contributed by atoms with Crippen molar-refractivity contribution in [3.8, 4) is 11.1 Å². The topological polar surface area (TPSA) is 134 Å². The molecule has 0 radical (unpaired) electrons. The van der Waals surface area contributed by atoms with Gasteiger partial charge in [-0.1, -0.05) is 48.5 Å². The number of rotatable bonds is 7. The predicted molar refractivity (Wildman–Crippen MR) is 127 cm³/mol. The summed E-state index contributed by atoms with van der Waals surface area (Å²) >= 11 is 0. The predicted octanol–water partition coefficient (Wildman–Crippen LogP) is 2.92. The van der Waals surface area contributed by atoms with E-state index in [4.69, 9.17) is 9.47 Å². The van der Waals surface area contributed by atoms with Crippen LogP contribution in [0.2, 0.25) is 0 Å². The molecule has 0 heterocycles. The molecule has 3 N–H and O–H groups in total. The highest BCUT2D eigenvalue weighted by atomic mass is 16.6. The number of benzene rings is 2. The number of carboxylic acid groups (broad SMARTS) is 1. The van der Waals surface area contributed by atoms with Gasteiger partial charge in [0.25, 0.3) is 0 Å². The van der Waals surface area contributed by atoms with Crippen LogP contribution in [0.25, 0.3) is 11.1 Å². The fourth-order valence-electron chi connectivity index (χ4n) is 3.99. The van der Waals surface area contributed by atoms with Crippen LogP contribution >= 0.6 is 0 Å². The number of nitrogens with zero attached hydrogens (tertiary/aromatic N) is 1. The lowest BCUT2D eigenvalue weighted by Gasteiger charge is -2.34. The molecule has 2 aromatic carbocycles. The molecule has 0 bridgehead atoms. The third-order valence-electron chi connectivity index (χ3n) is 5.37. The van der Waals surface area contributed by atoms with Crippen molar-refractivity contribution in [1.29, 1.82) is 0 Å². The smallest absolute Gasteiger partial charge is 0.411 e. The standard InChI is InChI=1S/C25H29N3O7/c1-25(2,3)35-23(32)27-14-20(29)26-13-19(22(30)31)28(24(33)34-4)21-17-11-7-5-9-15(17)16-10-6-8-12-18(16)21/h5-12,19,21H,13-14H2,1-4H3,(H,26,29)(H,27,32)(H,30,31)/t19-/m0/s1. The minimum absolute atomic E-state index is 0.403. The van der Waals surface area contributed by atoms with E-state index >= 15 is 0 Å². The number of alkyl carbamates (subject to hydrolysis) is 1. The van der Waals surface area contributed by atoms with Gasteiger partial charge in [-0.3, -0.25) is 9.69 Å². The Balaban J connectivity index is 1.82. The van der Waals surface area contributed by atoms with E-state index in [9.17, 15) is 24.3 Å². The van der Waals surface area contributed by atoms with E-state index in [1.807, 2.05) is 48.5 Å². The quantitative estimate of drug-likeness (QED) is 0.551. The van der Waals surface area contributed by atoms with Crippen molar-refractivity contribution in [2.24, 2.45) is 0 Å². The van der Waals surface area contributed by atoms with E-state index in [0.717, 1.165) is 27.2 Å². The van der Waals surface area contributed by atoms with Gasteiger partial charge >= 0.3 is 18.2 Å². The Morgan fingerprint density at radius 2 is 1.51 bits per heavy atom. The summed E-state index contributed by atoms with van der Waals surface area (Å²) in [6.45, 7) is 4.23. The number of carbonyl (C=O) groups is 4. The molecule has 0 saturated carbocycles. The summed E-state index contributed by atoms with van der Waals surface area (Å²) in [5, 5.41) is 14.8. The molecular formula is C25H29N3O7. The molecular weight excluding hydrogens is 454 g/mol. The average Bonchev–Trinajstić information content (AvgIpc) is 3.13. The minimum Gasteiger partial charge on any atom is -0.480 e. The van der Waals surface area contributed by atoms with Crippen LogP contribution < -0.4 is 10.6 Å². The molecule has 3 amide bonds. The Labute approximate surface area is 203 Å². The van der Waals surface area contributed by atoms with E-state index in [0.29, 0.717) is 0 Å². The number of methoxy groups -OCH3 is 1. The Kier molecular flexibility index (Phi) is 7.63. The molecule has 0 fully saturated rings. The number of aliphatic carboxylic acids is 1. The number of carboxylic acids is 1. The summed E-state index contributed by atoms with van der Waals surface area (Å²) in [4.78, 5) is 50.4. The molecule has 1 atom stereocenters. The Morgan fingerprint density at radius 3 is 2.00 bits per heavy atom. The molecule has 2 aromatic rings. The van der Waals surface area contributed by atoms with Gasteiger partial charge in [-0.2, -0.15) is 0 Å². The summed E-state index contributed by atoms with van der Waals surface area (Å²) < 4.78 is 10.0. The zero-order valence-electron chi connectivity index (χ0n) is 20.0. The van der Waals surface area contributed by atoms with Crippen molar-refractivity contribution in [2.45, 2.75) is 38.5 Å². The number of hydrogen-bond donors (Lipinski definition) is 3. The second-order valence-electron chi connectivity index (χ2n) is 8.97. The highest BCUT2D eigenvalue weighted by Gasteiger charge is 2.42. The lowest BCUT2D eigenvalue weighted by molar-refractivity contribution is -0.143. The first kappa shape index (κ1) is 25.5. The van der Waals surface area contributed by atoms with Crippen LogP contribution in [0.15, 0.2) is 48.5 Å². The van der Waals surface area contributed by atoms with Crippen LogP contribution in [0.4, 0.5) is 9.59 Å². The van der Waals surface area contributed by atoms with Crippen LogP contribution in [0.5, 0.6) is 0 Å². The van der Waals surface area contributed by atoms with Gasteiger partial charge in [0.2, 0.25) is 5.91 Å². The molecule has 35 heavy (non-hydrogen) atoms. The summed E-state index contributed by atoms with van der Waals surface area (Å²) in [6, 6.07) is 12.7. The first-order valence-corrected chi connectivity index (χ1v) is 11.0. The summed E-state index contributed by atoms with van der Waals surface area (Å²) in [6.07, 6.45) is -1.63. The van der Waals surface area contributed by atoms with E-state index in [1.54, 1.807) is 20.8 Å². The molecule has 0 aliphatic heterocycles. The number of hydrogen-bond acceptors (Lipinski definition) is 6. The van der Waals surface area contributed by atoms with Gasteiger partial charge in [0.1, 0.15) is 5.60 Å². The lowest BCUT2D eigenvalue weighted by Crippen LogP contribution is -2.53. The lowest BCUT2D eigenvalue weighted by atomic mass is 10.0. The van der Waals surface area contributed by atoms with Crippen molar-refractivity contribution in [3.63, 3.8) is 0 Å². The third-order valence-corrected chi connectivity index (χ3v) is 5.37. The minimum atomic E-state index is -1.45. The van der Waals surface area contributed by atoms with E-state index in [2.05, 4.69) is 10.6 Å². The largest absolute Gasteiger partial charge is 0.480 e. The number of nitrogens with one attached hydrogen (secondary N) is 2. The SMILES string of the molecule is COC(=O)N(C1c2ccccc2-c2ccccc21)[C@@H](CNC(=O)CNC(=O)OC(C)(C)C)C(=O)O. The van der Waals surface area contributed by atoms with E-state index in [-0.39, 0.29) is 0 Å². The number of amides is 3. The third kappa shape index (κ3) is 5.89. The Morgan fingerprint density at radius 1 is 0.971 bits per heavy atom. The molecule has 10 nitrogen and oxygen atoms in total. The fourth-order valence-corrected chi connectivity index (χ4v) is 3.99. The summed E-state index contributed by atoms with van der Waals surface area (Å²) in [5.41, 5.74) is 2.55. The average molecular weight is 484 g/mol. The van der Waals surface area contributed by atoms with Crippen LogP contribution in [-0.4, -0.2) is 65.9 Å². The molecule has 1 aliphatic carbocycles. The van der Waals surface area contributed by atoms with Gasteiger partial charge < -0.3 is 25.2 Å². The summed E-state index contributed by atoms with van der Waals surface area (Å²) in [7, 11) is 1.17. The highest BCUT2D eigenvalue weighted by Crippen LogP contribution is 2.46. The number of fused-ring (bicyclic) bond motifs is 3. The van der Waals surface area contributed by atoms with Gasteiger partial charge in [-0.15, -0.1) is 0 Å². The van der Waals surface area contributed by atoms with Gasteiger partial charge in [0.05, 0.1) is 19.7 Å². The van der Waals surface area contributed by atoms with Gasteiger partial charge in [-0.25, -0.2) is 14.4 Å². The maximum atomic E-state index is 12.9. The maximum Gasteiger partial charge on any atom is 0.411 e. The zero-order valence-corrected chi connectivity index (χ0v) is 20.0. The van der Waals surface area contributed by atoms with Crippen molar-refractivity contribution < 1.29 is 33.8 Å². The molecule has 0 aromatic heterocycles. The summed E-state index contributed by atoms with van der Waals surface area (Å²) in [5.74, 6) is -1.96. The molecule has 0 saturated heterocycles. The Hall–Kier alpha value is -4.08. The molecule has 1 aliphatic rings. The Bertz CT molecular complexity index is 1080. The normalized spacial score (nSPS) is 13.1. The van der Waals surface area contributed by atoms with Gasteiger partial charge in [0, 0.05) is 6.54 Å². The van der Waals surface area contributed by atoms with Crippen LogP contribution in [-0.2, 0) is 19.1 Å². The first-order chi connectivity index (χ1) is 16.5. The monoisotopic (exact) mass is 483 g/mol. The second kappa shape index (κ2) is 10.5. The second-order valence-corrected chi connectivity index (χ2v) is 8.97. The van der Waals surface area contributed by atoms with Crippen molar-refractivity contribution in [2.75, 3.05) is 20.2 Å². The van der Waals surface area contributed by atoms with Gasteiger partial charge in [-0.05, 0) is 43.0 Å². The fraction of sp³-hybridized carbons (Fsp3) is 0.360. The molecule has 10 heteroatoms. The molecule has 0 unspecified atom stereocenters. The van der Waals surface area contributed by atoms with Crippen LogP contribution in [0.1, 0.15) is 37.9 Å². The van der Waals surface area contributed by atoms with Crippen molar-refractivity contribution >= 4 is 24.1 Å².